The van der Waals surface area contributed by atoms with Crippen molar-refractivity contribution in [3.05, 3.63) is 35.6 Å². The molecular formula is C25H39BFN3O3. The Bertz CT molecular complexity index is 839. The van der Waals surface area contributed by atoms with E-state index < -0.39 is 13.2 Å². The number of hydrogen-bond acceptors (Lipinski definition) is 5. The molecule has 1 saturated heterocycles. The minimum atomic E-state index is -0.554. The number of benzene rings is 1. The van der Waals surface area contributed by atoms with E-state index in [0.717, 1.165) is 24.8 Å². The smallest absolute Gasteiger partial charge is 0.405 e. The fraction of sp³-hybridized carbons (Fsp3) is 0.720. The van der Waals surface area contributed by atoms with Gasteiger partial charge in [0.05, 0.1) is 17.7 Å². The van der Waals surface area contributed by atoms with E-state index in [2.05, 4.69) is 26.1 Å². The molecule has 0 spiro atoms. The van der Waals surface area contributed by atoms with Crippen molar-refractivity contribution in [2.75, 3.05) is 13.1 Å². The van der Waals surface area contributed by atoms with Gasteiger partial charge in [-0.15, -0.1) is 0 Å². The van der Waals surface area contributed by atoms with Crippen molar-refractivity contribution in [1.82, 2.24) is 5.32 Å². The highest BCUT2D eigenvalue weighted by atomic mass is 19.1. The van der Waals surface area contributed by atoms with Crippen LogP contribution in [0.5, 0.6) is 0 Å². The summed E-state index contributed by atoms with van der Waals surface area (Å²) in [5.74, 6) is 0.612. The number of carbonyl (C=O) groups excluding carboxylic acids is 1. The summed E-state index contributed by atoms with van der Waals surface area (Å²) in [6.07, 6.45) is 5.19. The summed E-state index contributed by atoms with van der Waals surface area (Å²) >= 11 is 0. The van der Waals surface area contributed by atoms with Crippen LogP contribution in [0.1, 0.15) is 58.4 Å². The monoisotopic (exact) mass is 459 g/mol. The van der Waals surface area contributed by atoms with Gasteiger partial charge in [0, 0.05) is 12.4 Å². The highest BCUT2D eigenvalue weighted by molar-refractivity contribution is 6.47. The molecule has 1 unspecified atom stereocenters. The lowest BCUT2D eigenvalue weighted by molar-refractivity contribution is -0.199. The van der Waals surface area contributed by atoms with Crippen LogP contribution in [-0.4, -0.2) is 43.9 Å². The SMILES string of the molecule is CC1(C)[C@H]2C[C@@H]3OB(C(CNC(=O)[C@@H](N)CCCCN)Cc4ccc(F)cc4)O[C@]3(C)[C@@H]1C2. The minimum Gasteiger partial charge on any atom is -0.405 e. The van der Waals surface area contributed by atoms with Crippen LogP contribution in [0.3, 0.4) is 0 Å². The highest BCUT2D eigenvalue weighted by Gasteiger charge is 2.68. The fourth-order valence-corrected chi connectivity index (χ4v) is 6.29. The van der Waals surface area contributed by atoms with Gasteiger partial charge < -0.3 is 26.1 Å². The first-order chi connectivity index (χ1) is 15.6. The number of nitrogens with one attached hydrogen (secondary N) is 1. The van der Waals surface area contributed by atoms with Gasteiger partial charge in [-0.05, 0) is 80.5 Å². The number of amides is 1. The summed E-state index contributed by atoms with van der Waals surface area (Å²) in [4.78, 5) is 12.6. The molecule has 0 radical (unpaired) electrons. The third-order valence-corrected chi connectivity index (χ3v) is 8.61. The average Bonchev–Trinajstić information content (AvgIpc) is 3.14. The Morgan fingerprint density at radius 1 is 1.24 bits per heavy atom. The molecule has 182 valence electrons. The summed E-state index contributed by atoms with van der Waals surface area (Å²) in [5.41, 5.74) is 12.6. The molecule has 4 aliphatic rings. The molecule has 1 aromatic carbocycles. The Kier molecular flexibility index (Phi) is 7.20. The van der Waals surface area contributed by atoms with Gasteiger partial charge in [-0.2, -0.15) is 0 Å². The predicted octanol–water partition coefficient (Wildman–Crippen LogP) is 3.04. The maximum Gasteiger partial charge on any atom is 0.463 e. The number of rotatable bonds is 10. The molecule has 5 N–H and O–H groups in total. The van der Waals surface area contributed by atoms with Crippen LogP contribution in [0.4, 0.5) is 4.39 Å². The standard InChI is InChI=1S/C25H39BFN3O3/c1-24(2)17-13-21(24)25(3)22(14-17)32-26(33-25)18(12-16-7-9-19(27)10-8-16)15-30-23(31)20(29)6-4-5-11-28/h7-10,17-18,20-22H,4-6,11-15,28-29H2,1-3H3,(H,30,31)/t17-,18?,20+,21-,22+,25-/m1/s1. The molecule has 33 heavy (non-hydrogen) atoms. The van der Waals surface area contributed by atoms with Crippen LogP contribution in [0.15, 0.2) is 24.3 Å². The van der Waals surface area contributed by atoms with E-state index in [1.165, 1.54) is 18.6 Å². The third-order valence-electron chi connectivity index (χ3n) is 8.61. The second-order valence-corrected chi connectivity index (χ2v) is 11.1. The molecule has 6 nitrogen and oxygen atoms in total. The zero-order valence-electron chi connectivity index (χ0n) is 20.2. The van der Waals surface area contributed by atoms with E-state index >= 15 is 0 Å². The van der Waals surface area contributed by atoms with Crippen molar-refractivity contribution in [2.24, 2.45) is 28.7 Å². The predicted molar refractivity (Wildman–Crippen MR) is 128 cm³/mol. The molecule has 1 aliphatic heterocycles. The molecule has 6 atom stereocenters. The topological polar surface area (TPSA) is 99.6 Å². The van der Waals surface area contributed by atoms with Gasteiger partial charge in [-0.3, -0.25) is 4.79 Å². The largest absolute Gasteiger partial charge is 0.463 e. The maximum absolute atomic E-state index is 13.4. The lowest BCUT2D eigenvalue weighted by Crippen LogP contribution is -2.65. The zero-order valence-corrected chi connectivity index (χ0v) is 20.2. The minimum absolute atomic E-state index is 0.0733. The maximum atomic E-state index is 13.4. The Labute approximate surface area is 197 Å². The van der Waals surface area contributed by atoms with E-state index in [-0.39, 0.29) is 34.7 Å². The first-order valence-corrected chi connectivity index (χ1v) is 12.5. The van der Waals surface area contributed by atoms with Gasteiger partial charge in [0.25, 0.3) is 0 Å². The van der Waals surface area contributed by atoms with Crippen molar-refractivity contribution < 1.29 is 18.5 Å². The Hall–Kier alpha value is -1.48. The van der Waals surface area contributed by atoms with Gasteiger partial charge >= 0.3 is 7.12 Å². The van der Waals surface area contributed by atoms with Gasteiger partial charge in [0.2, 0.25) is 5.91 Å². The average molecular weight is 459 g/mol. The number of hydrogen-bond donors (Lipinski definition) is 3. The van der Waals surface area contributed by atoms with Crippen LogP contribution < -0.4 is 16.8 Å². The summed E-state index contributed by atoms with van der Waals surface area (Å²) in [6.45, 7) is 7.87. The van der Waals surface area contributed by atoms with Crippen molar-refractivity contribution in [3.63, 3.8) is 0 Å². The highest BCUT2D eigenvalue weighted by Crippen LogP contribution is 2.66. The Morgan fingerprint density at radius 3 is 2.64 bits per heavy atom. The number of halogens is 1. The zero-order chi connectivity index (χ0) is 23.8. The van der Waals surface area contributed by atoms with E-state index in [4.69, 9.17) is 20.8 Å². The van der Waals surface area contributed by atoms with Gasteiger partial charge in [0.15, 0.2) is 0 Å². The quantitative estimate of drug-likeness (QED) is 0.369. The van der Waals surface area contributed by atoms with Crippen LogP contribution in [0.2, 0.25) is 5.82 Å². The van der Waals surface area contributed by atoms with E-state index in [1.54, 1.807) is 12.1 Å². The molecule has 3 aliphatic carbocycles. The lowest BCUT2D eigenvalue weighted by Gasteiger charge is -2.64. The molecule has 0 aromatic heterocycles. The molecule has 2 bridgehead atoms. The van der Waals surface area contributed by atoms with Crippen LogP contribution >= 0.6 is 0 Å². The van der Waals surface area contributed by atoms with Gasteiger partial charge in [-0.25, -0.2) is 4.39 Å². The number of nitrogens with two attached hydrogens (primary N) is 2. The molecule has 3 saturated carbocycles. The van der Waals surface area contributed by atoms with E-state index in [9.17, 15) is 9.18 Å². The summed E-state index contributed by atoms with van der Waals surface area (Å²) < 4.78 is 26.6. The fourth-order valence-electron chi connectivity index (χ4n) is 6.29. The molecule has 1 heterocycles. The van der Waals surface area contributed by atoms with Crippen molar-refractivity contribution >= 4 is 13.0 Å². The molecule has 1 aromatic rings. The second kappa shape index (κ2) is 9.64. The number of carbonyl (C=O) groups is 1. The first-order valence-electron chi connectivity index (χ1n) is 12.5. The number of unbranched alkanes of at least 4 members (excludes halogenated alkanes) is 1. The molecule has 4 fully saturated rings. The van der Waals surface area contributed by atoms with E-state index in [1.807, 2.05) is 0 Å². The second-order valence-electron chi connectivity index (χ2n) is 11.1. The summed E-state index contributed by atoms with van der Waals surface area (Å²) in [6, 6.07) is 5.95. The molecular weight excluding hydrogens is 420 g/mol. The lowest BCUT2D eigenvalue weighted by atomic mass is 9.43. The molecule has 5 rings (SSSR count). The third kappa shape index (κ3) is 4.85. The van der Waals surface area contributed by atoms with Gasteiger partial charge in [0.1, 0.15) is 5.82 Å². The molecule has 1 amide bonds. The van der Waals surface area contributed by atoms with Crippen molar-refractivity contribution in [2.45, 2.75) is 82.9 Å². The first kappa shape index (κ1) is 24.6. The Balaban J connectivity index is 1.44. The van der Waals surface area contributed by atoms with Crippen LogP contribution in [-0.2, 0) is 20.5 Å². The normalized spacial score (nSPS) is 31.5. The summed E-state index contributed by atoms with van der Waals surface area (Å²) in [5, 5.41) is 3.02. The van der Waals surface area contributed by atoms with E-state index in [0.29, 0.717) is 37.8 Å². The van der Waals surface area contributed by atoms with Crippen molar-refractivity contribution in [3.8, 4) is 0 Å². The molecule has 8 heteroatoms. The Morgan fingerprint density at radius 2 is 1.97 bits per heavy atom. The van der Waals surface area contributed by atoms with Crippen molar-refractivity contribution in [1.29, 1.82) is 0 Å². The van der Waals surface area contributed by atoms with Crippen LogP contribution in [0.25, 0.3) is 0 Å². The van der Waals surface area contributed by atoms with Crippen LogP contribution in [0, 0.1) is 23.1 Å². The summed E-state index contributed by atoms with van der Waals surface area (Å²) in [7, 11) is -0.422. The van der Waals surface area contributed by atoms with Gasteiger partial charge in [-0.1, -0.05) is 32.4 Å².